The van der Waals surface area contributed by atoms with Crippen LogP contribution in [0.3, 0.4) is 0 Å². The molecule has 2 aliphatic rings. The van der Waals surface area contributed by atoms with Crippen molar-refractivity contribution in [3.8, 4) is 0 Å². The van der Waals surface area contributed by atoms with E-state index in [9.17, 15) is 9.18 Å². The van der Waals surface area contributed by atoms with Crippen LogP contribution in [-0.2, 0) is 4.79 Å². The van der Waals surface area contributed by atoms with Crippen LogP contribution in [0.25, 0.3) is 0 Å². The predicted molar refractivity (Wildman–Crippen MR) is 76.7 cm³/mol. The number of rotatable bonds is 0. The van der Waals surface area contributed by atoms with E-state index in [0.29, 0.717) is 21.8 Å². The van der Waals surface area contributed by atoms with Crippen LogP contribution < -0.4 is 10.6 Å². The summed E-state index contributed by atoms with van der Waals surface area (Å²) in [6, 6.07) is 3.05. The summed E-state index contributed by atoms with van der Waals surface area (Å²) < 4.78 is 14.0. The lowest BCUT2D eigenvalue weighted by atomic mass is 9.75. The molecule has 1 heterocycles. The molecule has 1 spiro atoms. The van der Waals surface area contributed by atoms with Gasteiger partial charge in [-0.25, -0.2) is 4.39 Å². The van der Waals surface area contributed by atoms with Crippen LogP contribution in [0.5, 0.6) is 0 Å². The number of carbonyl (C=O) groups is 1. The molecule has 1 aromatic carbocycles. The molecule has 1 aliphatic carbocycles. The highest BCUT2D eigenvalue weighted by atomic mass is 79.9. The van der Waals surface area contributed by atoms with Crippen molar-refractivity contribution in [2.75, 3.05) is 10.6 Å². The van der Waals surface area contributed by atoms with Crippen LogP contribution in [0.1, 0.15) is 32.6 Å². The van der Waals surface area contributed by atoms with Crippen LogP contribution in [0.4, 0.5) is 15.8 Å². The molecule has 3 nitrogen and oxygen atoms in total. The van der Waals surface area contributed by atoms with Crippen LogP contribution >= 0.6 is 15.9 Å². The molecular weight excluding hydrogens is 311 g/mol. The smallest absolute Gasteiger partial charge is 0.250 e. The average Bonchev–Trinajstić information content (AvgIpc) is 2.37. The van der Waals surface area contributed by atoms with E-state index in [4.69, 9.17) is 0 Å². The Morgan fingerprint density at radius 3 is 2.68 bits per heavy atom. The highest BCUT2D eigenvalue weighted by Gasteiger charge is 2.44. The van der Waals surface area contributed by atoms with Crippen molar-refractivity contribution < 1.29 is 9.18 Å². The highest BCUT2D eigenvalue weighted by Crippen LogP contribution is 2.41. The maximum atomic E-state index is 13.6. The van der Waals surface area contributed by atoms with Gasteiger partial charge in [-0.15, -0.1) is 0 Å². The van der Waals surface area contributed by atoms with Crippen LogP contribution in [0.15, 0.2) is 16.6 Å². The Kier molecular flexibility index (Phi) is 3.04. The molecule has 0 unspecified atom stereocenters. The van der Waals surface area contributed by atoms with Crippen molar-refractivity contribution in [2.45, 2.75) is 38.1 Å². The number of benzene rings is 1. The van der Waals surface area contributed by atoms with Gasteiger partial charge in [-0.2, -0.15) is 0 Å². The van der Waals surface area contributed by atoms with Gasteiger partial charge in [-0.3, -0.25) is 4.79 Å². The summed E-state index contributed by atoms with van der Waals surface area (Å²) in [5, 5.41) is 6.18. The molecule has 2 N–H and O–H groups in total. The summed E-state index contributed by atoms with van der Waals surface area (Å²) >= 11 is 3.14. The lowest BCUT2D eigenvalue weighted by Crippen LogP contribution is -2.54. The van der Waals surface area contributed by atoms with Gasteiger partial charge in [0.05, 0.1) is 15.8 Å². The molecule has 0 bridgehead atoms. The fourth-order valence-electron chi connectivity index (χ4n) is 2.92. The van der Waals surface area contributed by atoms with E-state index in [1.807, 2.05) is 0 Å². The molecule has 1 aromatic rings. The second kappa shape index (κ2) is 4.47. The molecule has 1 saturated carbocycles. The molecule has 5 heteroatoms. The largest absolute Gasteiger partial charge is 0.369 e. The van der Waals surface area contributed by atoms with Gasteiger partial charge in [-0.05, 0) is 53.6 Å². The molecule has 1 amide bonds. The molecule has 19 heavy (non-hydrogen) atoms. The first-order valence-electron chi connectivity index (χ1n) is 6.59. The number of anilines is 2. The van der Waals surface area contributed by atoms with E-state index in [0.717, 1.165) is 25.7 Å². The molecule has 0 saturated heterocycles. The molecule has 0 radical (unpaired) electrons. The van der Waals surface area contributed by atoms with Crippen molar-refractivity contribution in [3.63, 3.8) is 0 Å². The topological polar surface area (TPSA) is 41.1 Å². The van der Waals surface area contributed by atoms with Gasteiger partial charge in [0.2, 0.25) is 5.91 Å². The minimum Gasteiger partial charge on any atom is -0.369 e. The van der Waals surface area contributed by atoms with Crippen molar-refractivity contribution >= 4 is 33.2 Å². The second-order valence-corrected chi connectivity index (χ2v) is 6.51. The Morgan fingerprint density at radius 1 is 1.32 bits per heavy atom. The summed E-state index contributed by atoms with van der Waals surface area (Å²) in [5.41, 5.74) is 0.761. The van der Waals surface area contributed by atoms with Gasteiger partial charge < -0.3 is 10.6 Å². The number of nitrogens with one attached hydrogen (secondary N) is 2. The fraction of sp³-hybridized carbons (Fsp3) is 0.500. The number of halogens is 2. The Balaban J connectivity index is 1.95. The molecule has 0 atom stereocenters. The molecular formula is C14H16BrFN2O. The van der Waals surface area contributed by atoms with Gasteiger partial charge in [-0.1, -0.05) is 6.92 Å². The zero-order chi connectivity index (χ0) is 13.6. The fourth-order valence-corrected chi connectivity index (χ4v) is 3.26. The van der Waals surface area contributed by atoms with Crippen molar-refractivity contribution in [3.05, 3.63) is 22.4 Å². The summed E-state index contributed by atoms with van der Waals surface area (Å²) in [6.07, 6.45) is 3.65. The number of hydrogen-bond donors (Lipinski definition) is 2. The molecule has 1 aliphatic heterocycles. The Bertz CT molecular complexity index is 538. The standard InChI is InChI=1S/C14H16BrFN2O/c1-8-2-4-14(5-3-8)13(19)17-11-6-9(15)10(16)7-12(11)18-14/h6-8,18H,2-5H2,1H3,(H,17,19). The van der Waals surface area contributed by atoms with Crippen LogP contribution in [0.2, 0.25) is 0 Å². The normalized spacial score (nSPS) is 29.6. The maximum absolute atomic E-state index is 13.6. The lowest BCUT2D eigenvalue weighted by Gasteiger charge is -2.42. The van der Waals surface area contributed by atoms with E-state index < -0.39 is 5.54 Å². The first kappa shape index (κ1) is 12.9. The van der Waals surface area contributed by atoms with E-state index in [-0.39, 0.29) is 11.7 Å². The van der Waals surface area contributed by atoms with E-state index >= 15 is 0 Å². The van der Waals surface area contributed by atoms with Gasteiger partial charge in [0.1, 0.15) is 11.4 Å². The summed E-state index contributed by atoms with van der Waals surface area (Å²) in [5.74, 6) is 0.343. The molecule has 3 rings (SSSR count). The highest BCUT2D eigenvalue weighted by molar-refractivity contribution is 9.10. The first-order chi connectivity index (χ1) is 9.00. The third-order valence-corrected chi connectivity index (χ3v) is 4.85. The van der Waals surface area contributed by atoms with Crippen molar-refractivity contribution in [1.82, 2.24) is 0 Å². The van der Waals surface area contributed by atoms with Gasteiger partial charge in [0.15, 0.2) is 0 Å². The zero-order valence-corrected chi connectivity index (χ0v) is 12.3. The van der Waals surface area contributed by atoms with Gasteiger partial charge in [0.25, 0.3) is 0 Å². The number of carbonyl (C=O) groups excluding carboxylic acids is 1. The first-order valence-corrected chi connectivity index (χ1v) is 7.38. The monoisotopic (exact) mass is 326 g/mol. The molecule has 102 valence electrons. The number of hydrogen-bond acceptors (Lipinski definition) is 2. The Hall–Kier alpha value is -1.10. The third kappa shape index (κ3) is 2.14. The van der Waals surface area contributed by atoms with Crippen molar-refractivity contribution in [2.24, 2.45) is 5.92 Å². The predicted octanol–water partition coefficient (Wildman–Crippen LogP) is 3.90. The Morgan fingerprint density at radius 2 is 2.00 bits per heavy atom. The second-order valence-electron chi connectivity index (χ2n) is 5.66. The summed E-state index contributed by atoms with van der Waals surface area (Å²) in [4.78, 5) is 12.4. The van der Waals surface area contributed by atoms with Gasteiger partial charge in [0, 0.05) is 6.07 Å². The maximum Gasteiger partial charge on any atom is 0.250 e. The minimum atomic E-state index is -0.556. The average molecular weight is 327 g/mol. The Labute approximate surface area is 120 Å². The van der Waals surface area contributed by atoms with Crippen LogP contribution in [-0.4, -0.2) is 11.4 Å². The van der Waals surface area contributed by atoms with E-state index in [1.54, 1.807) is 6.07 Å². The summed E-state index contributed by atoms with van der Waals surface area (Å²) in [7, 11) is 0. The quantitative estimate of drug-likeness (QED) is 0.759. The number of fused-ring (bicyclic) bond motifs is 1. The van der Waals surface area contributed by atoms with Crippen molar-refractivity contribution in [1.29, 1.82) is 0 Å². The van der Waals surface area contributed by atoms with Gasteiger partial charge >= 0.3 is 0 Å². The molecule has 1 fully saturated rings. The van der Waals surface area contributed by atoms with E-state index in [1.165, 1.54) is 6.07 Å². The SMILES string of the molecule is CC1CCC2(CC1)Nc1cc(F)c(Br)cc1NC2=O. The molecule has 0 aromatic heterocycles. The summed E-state index contributed by atoms with van der Waals surface area (Å²) in [6.45, 7) is 2.21. The third-order valence-electron chi connectivity index (χ3n) is 4.25. The minimum absolute atomic E-state index is 0.00501. The number of amides is 1. The van der Waals surface area contributed by atoms with Crippen LogP contribution in [0, 0.1) is 11.7 Å². The lowest BCUT2D eigenvalue weighted by molar-refractivity contribution is -0.121. The van der Waals surface area contributed by atoms with E-state index in [2.05, 4.69) is 33.5 Å². The zero-order valence-electron chi connectivity index (χ0n) is 10.7.